The number of hydrogen-bond acceptors (Lipinski definition) is 4. The summed E-state index contributed by atoms with van der Waals surface area (Å²) in [5.74, 6) is 0.219. The van der Waals surface area contributed by atoms with Crippen molar-refractivity contribution >= 4 is 17.7 Å². The fourth-order valence-corrected chi connectivity index (χ4v) is 5.69. The standard InChI is InChI=1S/C32H48N4O3/c1-20-25(29(37)34-24-13-23(14-24)30(38)39)17-26(36(20)18-21-11-9-8-10-12-21)22-15-27(32(5,6)7)35-28(16-22)33-19-31(2,3)4/h15-17,21,23-24H,8-14,18-19H2,1-7H3,(H,33,35)(H,34,37)(H,38,39). The number of carbonyl (C=O) groups is 2. The van der Waals surface area contributed by atoms with Gasteiger partial charge in [-0.1, -0.05) is 60.8 Å². The predicted octanol–water partition coefficient (Wildman–Crippen LogP) is 6.79. The summed E-state index contributed by atoms with van der Waals surface area (Å²) in [5.41, 5.74) is 4.77. The molecule has 2 aromatic heterocycles. The summed E-state index contributed by atoms with van der Waals surface area (Å²) in [6, 6.07) is 6.26. The van der Waals surface area contributed by atoms with Crippen LogP contribution in [0.3, 0.4) is 0 Å². The molecule has 0 saturated heterocycles. The highest BCUT2D eigenvalue weighted by Gasteiger charge is 2.36. The lowest BCUT2D eigenvalue weighted by molar-refractivity contribution is -0.145. The molecule has 39 heavy (non-hydrogen) atoms. The number of nitrogens with one attached hydrogen (secondary N) is 2. The molecule has 0 aromatic carbocycles. The molecule has 0 unspecified atom stereocenters. The van der Waals surface area contributed by atoms with Gasteiger partial charge in [-0.05, 0) is 62.1 Å². The Labute approximate surface area is 234 Å². The predicted molar refractivity (Wildman–Crippen MR) is 157 cm³/mol. The molecule has 2 heterocycles. The van der Waals surface area contributed by atoms with Gasteiger partial charge >= 0.3 is 5.97 Å². The second-order valence-corrected chi connectivity index (χ2v) is 14.1. The fourth-order valence-electron chi connectivity index (χ4n) is 5.69. The third kappa shape index (κ3) is 7.23. The van der Waals surface area contributed by atoms with E-state index in [0.29, 0.717) is 24.3 Å². The van der Waals surface area contributed by atoms with E-state index in [0.717, 1.165) is 41.6 Å². The molecule has 2 aliphatic carbocycles. The van der Waals surface area contributed by atoms with Crippen LogP contribution in [0.25, 0.3) is 11.3 Å². The average Bonchev–Trinajstić information content (AvgIpc) is 3.15. The highest BCUT2D eigenvalue weighted by molar-refractivity contribution is 5.97. The lowest BCUT2D eigenvalue weighted by Gasteiger charge is -2.32. The first-order valence-corrected chi connectivity index (χ1v) is 14.7. The highest BCUT2D eigenvalue weighted by atomic mass is 16.4. The van der Waals surface area contributed by atoms with Crippen molar-refractivity contribution in [3.8, 4) is 11.3 Å². The number of nitrogens with zero attached hydrogens (tertiary/aromatic N) is 2. The van der Waals surface area contributed by atoms with E-state index in [-0.39, 0.29) is 28.7 Å². The third-order valence-electron chi connectivity index (χ3n) is 8.29. The van der Waals surface area contributed by atoms with Gasteiger partial charge in [0.25, 0.3) is 5.91 Å². The summed E-state index contributed by atoms with van der Waals surface area (Å²) >= 11 is 0. The summed E-state index contributed by atoms with van der Waals surface area (Å²) in [7, 11) is 0. The Kier molecular flexibility index (Phi) is 8.48. The lowest BCUT2D eigenvalue weighted by atomic mass is 9.80. The van der Waals surface area contributed by atoms with Crippen LogP contribution in [0.5, 0.6) is 0 Å². The van der Waals surface area contributed by atoms with Crippen molar-refractivity contribution in [3.63, 3.8) is 0 Å². The SMILES string of the molecule is Cc1c(C(=O)NC2CC(C(=O)O)C2)cc(-c2cc(NCC(C)(C)C)nc(C(C)(C)C)c2)n1CC1CCCCC1. The molecule has 0 aliphatic heterocycles. The minimum atomic E-state index is -0.777. The first-order chi connectivity index (χ1) is 18.2. The molecule has 7 nitrogen and oxygen atoms in total. The largest absolute Gasteiger partial charge is 0.481 e. The van der Waals surface area contributed by atoms with Crippen LogP contribution in [-0.2, 0) is 16.8 Å². The Bertz CT molecular complexity index is 1190. The Balaban J connectivity index is 1.72. The third-order valence-corrected chi connectivity index (χ3v) is 8.29. The van der Waals surface area contributed by atoms with Crippen molar-refractivity contribution in [2.24, 2.45) is 17.3 Å². The molecule has 2 aliphatic rings. The molecule has 0 atom stereocenters. The molecule has 7 heteroatoms. The van der Waals surface area contributed by atoms with Crippen LogP contribution in [0, 0.1) is 24.2 Å². The molecule has 0 spiro atoms. The lowest BCUT2D eigenvalue weighted by Crippen LogP contribution is -2.46. The second kappa shape index (κ2) is 11.3. The number of rotatable bonds is 8. The van der Waals surface area contributed by atoms with Gasteiger partial charge in [0.1, 0.15) is 5.82 Å². The molecule has 0 radical (unpaired) electrons. The van der Waals surface area contributed by atoms with Gasteiger partial charge in [0.2, 0.25) is 0 Å². The number of carboxylic acids is 1. The summed E-state index contributed by atoms with van der Waals surface area (Å²) in [6.07, 6.45) is 7.28. The number of aliphatic carboxylic acids is 1. The van der Waals surface area contributed by atoms with Crippen molar-refractivity contribution in [1.29, 1.82) is 0 Å². The van der Waals surface area contributed by atoms with Crippen LogP contribution >= 0.6 is 0 Å². The Morgan fingerprint density at radius 1 is 1.03 bits per heavy atom. The number of carbonyl (C=O) groups excluding carboxylic acids is 1. The van der Waals surface area contributed by atoms with Gasteiger partial charge in [-0.15, -0.1) is 0 Å². The molecule has 214 valence electrons. The molecule has 0 bridgehead atoms. The van der Waals surface area contributed by atoms with Gasteiger partial charge in [-0.3, -0.25) is 9.59 Å². The molecule has 3 N–H and O–H groups in total. The Morgan fingerprint density at radius 3 is 2.28 bits per heavy atom. The zero-order valence-corrected chi connectivity index (χ0v) is 25.0. The van der Waals surface area contributed by atoms with Crippen LogP contribution in [-0.4, -0.2) is 39.1 Å². The summed E-state index contributed by atoms with van der Waals surface area (Å²) in [5, 5.41) is 15.9. The molecular weight excluding hydrogens is 488 g/mol. The molecular formula is C32H48N4O3. The molecule has 2 fully saturated rings. The van der Waals surface area contributed by atoms with Gasteiger partial charge in [-0.2, -0.15) is 0 Å². The first-order valence-electron chi connectivity index (χ1n) is 14.7. The molecule has 2 aromatic rings. The second-order valence-electron chi connectivity index (χ2n) is 14.1. The number of pyridine rings is 1. The van der Waals surface area contributed by atoms with E-state index in [2.05, 4.69) is 68.9 Å². The number of anilines is 1. The minimum Gasteiger partial charge on any atom is -0.481 e. The van der Waals surface area contributed by atoms with E-state index in [1.165, 1.54) is 32.1 Å². The van der Waals surface area contributed by atoms with Crippen molar-refractivity contribution in [1.82, 2.24) is 14.9 Å². The van der Waals surface area contributed by atoms with Crippen LogP contribution in [0.2, 0.25) is 0 Å². The van der Waals surface area contributed by atoms with E-state index < -0.39 is 5.97 Å². The molecule has 2 saturated carbocycles. The number of hydrogen-bond donors (Lipinski definition) is 3. The van der Waals surface area contributed by atoms with Crippen LogP contribution < -0.4 is 10.6 Å². The number of aromatic nitrogens is 2. The van der Waals surface area contributed by atoms with Crippen molar-refractivity contribution in [2.75, 3.05) is 11.9 Å². The molecule has 1 amide bonds. The van der Waals surface area contributed by atoms with Gasteiger partial charge < -0.3 is 20.3 Å². The van der Waals surface area contributed by atoms with Crippen LogP contribution in [0.4, 0.5) is 5.82 Å². The fraction of sp³-hybridized carbons (Fsp3) is 0.656. The first kappa shape index (κ1) is 29.2. The normalized spacial score (nSPS) is 20.4. The van der Waals surface area contributed by atoms with E-state index in [1.54, 1.807) is 0 Å². The van der Waals surface area contributed by atoms with Crippen molar-refractivity contribution in [2.45, 2.75) is 111 Å². The van der Waals surface area contributed by atoms with Gasteiger partial charge in [-0.25, -0.2) is 4.98 Å². The molecule has 4 rings (SSSR count). The number of carboxylic acid groups (broad SMARTS) is 1. The van der Waals surface area contributed by atoms with Crippen molar-refractivity contribution in [3.05, 3.63) is 35.2 Å². The van der Waals surface area contributed by atoms with Gasteiger partial charge in [0, 0.05) is 47.2 Å². The van der Waals surface area contributed by atoms with E-state index in [9.17, 15) is 14.7 Å². The topological polar surface area (TPSA) is 96.2 Å². The zero-order chi connectivity index (χ0) is 28.5. The van der Waals surface area contributed by atoms with Crippen LogP contribution in [0.15, 0.2) is 18.2 Å². The Hall–Kier alpha value is -2.83. The van der Waals surface area contributed by atoms with Gasteiger partial charge in [0.05, 0.1) is 11.5 Å². The maximum Gasteiger partial charge on any atom is 0.306 e. The summed E-state index contributed by atoms with van der Waals surface area (Å²) < 4.78 is 2.35. The summed E-state index contributed by atoms with van der Waals surface area (Å²) in [6.45, 7) is 16.9. The monoisotopic (exact) mass is 536 g/mol. The van der Waals surface area contributed by atoms with Crippen LogP contribution in [0.1, 0.15) is 108 Å². The minimum absolute atomic E-state index is 0.0789. The Morgan fingerprint density at radius 2 is 1.69 bits per heavy atom. The van der Waals surface area contributed by atoms with Crippen molar-refractivity contribution < 1.29 is 14.7 Å². The van der Waals surface area contributed by atoms with E-state index >= 15 is 0 Å². The summed E-state index contributed by atoms with van der Waals surface area (Å²) in [4.78, 5) is 29.7. The smallest absolute Gasteiger partial charge is 0.306 e. The van der Waals surface area contributed by atoms with E-state index in [4.69, 9.17) is 4.98 Å². The number of amides is 1. The maximum absolute atomic E-state index is 13.4. The van der Waals surface area contributed by atoms with Gasteiger partial charge in [0.15, 0.2) is 0 Å². The maximum atomic E-state index is 13.4. The highest BCUT2D eigenvalue weighted by Crippen LogP contribution is 2.35. The quantitative estimate of drug-likeness (QED) is 0.345. The van der Waals surface area contributed by atoms with E-state index in [1.807, 2.05) is 13.0 Å². The average molecular weight is 537 g/mol. The zero-order valence-electron chi connectivity index (χ0n) is 25.0.